The Morgan fingerprint density at radius 1 is 1.41 bits per heavy atom. The summed E-state index contributed by atoms with van der Waals surface area (Å²) in [6.45, 7) is 9.48. The molecular formula is C13H25NOS2. The second-order valence-corrected chi connectivity index (χ2v) is 7.03. The van der Waals surface area contributed by atoms with Crippen LogP contribution in [-0.2, 0) is 4.79 Å². The monoisotopic (exact) mass is 275 g/mol. The molecule has 0 amide bonds. The molecule has 0 aliphatic carbocycles. The molecule has 0 saturated carbocycles. The first-order valence-corrected chi connectivity index (χ1v) is 8.57. The number of nitrogens with zero attached hydrogens (tertiary/aromatic N) is 1. The molecule has 0 spiro atoms. The standard InChI is InChI=1S/C13H25NOS2/c1-9(2)13(15)12-7-11(5-6-17-16)8-14(12)10(3)4/h9-12,16H,5-8H2,1-4H3/t11-,12-/m0/s1. The van der Waals surface area contributed by atoms with Gasteiger partial charge in [0.05, 0.1) is 6.04 Å². The fourth-order valence-corrected chi connectivity index (χ4v) is 3.37. The molecule has 0 N–H and O–H groups in total. The Morgan fingerprint density at radius 3 is 2.53 bits per heavy atom. The van der Waals surface area contributed by atoms with Gasteiger partial charge in [-0.15, -0.1) is 11.7 Å². The third-order valence-electron chi connectivity index (χ3n) is 3.60. The Bertz CT molecular complexity index is 256. The van der Waals surface area contributed by atoms with Crippen molar-refractivity contribution in [3.8, 4) is 0 Å². The van der Waals surface area contributed by atoms with E-state index in [1.54, 1.807) is 10.8 Å². The van der Waals surface area contributed by atoms with Crippen molar-refractivity contribution in [2.75, 3.05) is 12.3 Å². The lowest BCUT2D eigenvalue weighted by molar-refractivity contribution is -0.126. The van der Waals surface area contributed by atoms with Gasteiger partial charge < -0.3 is 0 Å². The predicted molar refractivity (Wildman–Crippen MR) is 79.6 cm³/mol. The second-order valence-electron chi connectivity index (χ2n) is 5.59. The van der Waals surface area contributed by atoms with Gasteiger partial charge in [-0.05, 0) is 32.6 Å². The van der Waals surface area contributed by atoms with E-state index in [4.69, 9.17) is 0 Å². The van der Waals surface area contributed by atoms with Crippen molar-refractivity contribution in [1.82, 2.24) is 4.90 Å². The molecule has 0 unspecified atom stereocenters. The SMILES string of the molecule is CC(C)C(=O)[C@@H]1C[C@H](CCSS)CN1C(C)C. The van der Waals surface area contributed by atoms with Crippen LogP contribution in [0.15, 0.2) is 0 Å². The number of hydrogen-bond acceptors (Lipinski definition) is 4. The molecule has 0 aromatic rings. The van der Waals surface area contributed by atoms with Gasteiger partial charge in [0.1, 0.15) is 0 Å². The Kier molecular flexibility index (Phi) is 6.38. The van der Waals surface area contributed by atoms with Gasteiger partial charge in [0.25, 0.3) is 0 Å². The first kappa shape index (κ1) is 15.4. The van der Waals surface area contributed by atoms with E-state index in [2.05, 4.69) is 30.4 Å². The molecule has 2 nitrogen and oxygen atoms in total. The van der Waals surface area contributed by atoms with Crippen LogP contribution in [-0.4, -0.2) is 35.1 Å². The summed E-state index contributed by atoms with van der Waals surface area (Å²) >= 11 is 4.19. The molecule has 0 aromatic heterocycles. The van der Waals surface area contributed by atoms with E-state index in [0.29, 0.717) is 17.7 Å². The van der Waals surface area contributed by atoms with Gasteiger partial charge >= 0.3 is 0 Å². The van der Waals surface area contributed by atoms with Crippen molar-refractivity contribution < 1.29 is 4.79 Å². The molecule has 17 heavy (non-hydrogen) atoms. The first-order valence-electron chi connectivity index (χ1n) is 6.53. The van der Waals surface area contributed by atoms with Crippen LogP contribution in [0.3, 0.4) is 0 Å². The number of rotatable bonds is 6. The van der Waals surface area contributed by atoms with Crippen LogP contribution >= 0.6 is 22.5 Å². The largest absolute Gasteiger partial charge is 0.298 e. The number of carbonyl (C=O) groups is 1. The van der Waals surface area contributed by atoms with Gasteiger partial charge in [0.15, 0.2) is 5.78 Å². The third kappa shape index (κ3) is 4.18. The molecule has 0 radical (unpaired) electrons. The van der Waals surface area contributed by atoms with Crippen LogP contribution in [0.1, 0.15) is 40.5 Å². The van der Waals surface area contributed by atoms with Crippen LogP contribution in [0.25, 0.3) is 0 Å². The van der Waals surface area contributed by atoms with Gasteiger partial charge in [-0.1, -0.05) is 24.6 Å². The number of hydrogen-bond donors (Lipinski definition) is 1. The highest BCUT2D eigenvalue weighted by Crippen LogP contribution is 2.30. The normalized spacial score (nSPS) is 26.1. The quantitative estimate of drug-likeness (QED) is 0.593. The van der Waals surface area contributed by atoms with Crippen molar-refractivity contribution in [2.45, 2.75) is 52.6 Å². The number of Topliss-reactive ketones (excluding diaryl/α,β-unsaturated/α-hetero) is 1. The van der Waals surface area contributed by atoms with E-state index in [1.165, 1.54) is 6.42 Å². The summed E-state index contributed by atoms with van der Waals surface area (Å²) in [6.07, 6.45) is 2.22. The highest BCUT2D eigenvalue weighted by atomic mass is 33.1. The van der Waals surface area contributed by atoms with E-state index < -0.39 is 0 Å². The maximum atomic E-state index is 12.2. The molecule has 1 rings (SSSR count). The molecule has 1 aliphatic rings. The summed E-state index contributed by atoms with van der Waals surface area (Å²) in [5.41, 5.74) is 0. The molecule has 1 fully saturated rings. The van der Waals surface area contributed by atoms with Crippen molar-refractivity contribution in [1.29, 1.82) is 0 Å². The molecule has 1 saturated heterocycles. The molecular weight excluding hydrogens is 250 g/mol. The molecule has 1 heterocycles. The summed E-state index contributed by atoms with van der Waals surface area (Å²) in [5, 5.41) is 0. The van der Waals surface area contributed by atoms with E-state index in [1.807, 2.05) is 13.8 Å². The van der Waals surface area contributed by atoms with Crippen LogP contribution in [0.5, 0.6) is 0 Å². The zero-order valence-corrected chi connectivity index (χ0v) is 13.1. The minimum absolute atomic E-state index is 0.152. The van der Waals surface area contributed by atoms with Gasteiger partial charge in [-0.25, -0.2) is 0 Å². The summed E-state index contributed by atoms with van der Waals surface area (Å²) in [5.74, 6) is 2.33. The summed E-state index contributed by atoms with van der Waals surface area (Å²) in [4.78, 5) is 14.6. The fraction of sp³-hybridized carbons (Fsp3) is 0.923. The van der Waals surface area contributed by atoms with Gasteiger partial charge in [0.2, 0.25) is 0 Å². The van der Waals surface area contributed by atoms with E-state index in [0.717, 1.165) is 18.7 Å². The number of carbonyl (C=O) groups excluding carboxylic acids is 1. The number of likely N-dealkylation sites (tertiary alicyclic amines) is 1. The third-order valence-corrected chi connectivity index (χ3v) is 4.57. The lowest BCUT2D eigenvalue weighted by Gasteiger charge is -2.28. The average molecular weight is 275 g/mol. The molecule has 0 aromatic carbocycles. The Hall–Kier alpha value is 0.330. The van der Waals surface area contributed by atoms with E-state index >= 15 is 0 Å². The van der Waals surface area contributed by atoms with Crippen molar-refractivity contribution in [3.05, 3.63) is 0 Å². The lowest BCUT2D eigenvalue weighted by Crippen LogP contribution is -2.42. The maximum absolute atomic E-state index is 12.2. The van der Waals surface area contributed by atoms with Gasteiger partial charge in [-0.3, -0.25) is 9.69 Å². The summed E-state index contributed by atoms with van der Waals surface area (Å²) < 4.78 is 0. The highest BCUT2D eigenvalue weighted by Gasteiger charge is 2.38. The zero-order valence-electron chi connectivity index (χ0n) is 11.3. The Labute approximate surface area is 115 Å². The topological polar surface area (TPSA) is 20.3 Å². The molecule has 0 bridgehead atoms. The van der Waals surface area contributed by atoms with E-state index in [9.17, 15) is 4.79 Å². The van der Waals surface area contributed by atoms with Crippen LogP contribution < -0.4 is 0 Å². The van der Waals surface area contributed by atoms with Crippen molar-refractivity contribution >= 4 is 28.2 Å². The smallest absolute Gasteiger partial charge is 0.152 e. The number of thiol groups is 1. The first-order chi connectivity index (χ1) is 7.97. The lowest BCUT2D eigenvalue weighted by atomic mass is 9.95. The van der Waals surface area contributed by atoms with Crippen molar-refractivity contribution in [3.63, 3.8) is 0 Å². The molecule has 4 heteroatoms. The highest BCUT2D eigenvalue weighted by molar-refractivity contribution is 8.68. The van der Waals surface area contributed by atoms with Gasteiger partial charge in [0, 0.05) is 24.3 Å². The second kappa shape index (κ2) is 7.05. The maximum Gasteiger partial charge on any atom is 0.152 e. The van der Waals surface area contributed by atoms with Crippen LogP contribution in [0, 0.1) is 11.8 Å². The molecule has 2 atom stereocenters. The Balaban J connectivity index is 2.64. The summed E-state index contributed by atoms with van der Waals surface area (Å²) in [7, 11) is 1.61. The molecule has 1 aliphatic heterocycles. The predicted octanol–water partition coefficient (Wildman–Crippen LogP) is 3.28. The summed E-state index contributed by atoms with van der Waals surface area (Å²) in [6, 6.07) is 0.626. The Morgan fingerprint density at radius 2 is 2.06 bits per heavy atom. The zero-order chi connectivity index (χ0) is 13.0. The minimum atomic E-state index is 0.152. The van der Waals surface area contributed by atoms with Crippen LogP contribution in [0.2, 0.25) is 0 Å². The minimum Gasteiger partial charge on any atom is -0.298 e. The molecule has 100 valence electrons. The fourth-order valence-electron chi connectivity index (χ4n) is 2.61. The van der Waals surface area contributed by atoms with Gasteiger partial charge in [-0.2, -0.15) is 0 Å². The van der Waals surface area contributed by atoms with Crippen molar-refractivity contribution in [2.24, 2.45) is 11.8 Å². The van der Waals surface area contributed by atoms with Crippen LogP contribution in [0.4, 0.5) is 0 Å². The van der Waals surface area contributed by atoms with E-state index in [-0.39, 0.29) is 12.0 Å². The number of ketones is 1. The average Bonchev–Trinajstić information content (AvgIpc) is 2.69.